The molecule has 5 heteroatoms. The van der Waals surface area contributed by atoms with E-state index in [-0.39, 0.29) is 5.91 Å². The molecule has 1 aromatic heterocycles. The monoisotopic (exact) mass is 295 g/mol. The Bertz CT molecular complexity index is 433. The highest BCUT2D eigenvalue weighted by molar-refractivity contribution is 7.11. The van der Waals surface area contributed by atoms with Crippen LogP contribution in [0.2, 0.25) is 0 Å². The maximum Gasteiger partial charge on any atom is 0.234 e. The lowest BCUT2D eigenvalue weighted by atomic mass is 10.1. The van der Waals surface area contributed by atoms with Crippen LogP contribution in [0.25, 0.3) is 0 Å². The molecular weight excluding hydrogens is 270 g/mol. The van der Waals surface area contributed by atoms with Gasteiger partial charge in [0.25, 0.3) is 0 Å². The van der Waals surface area contributed by atoms with Gasteiger partial charge in [-0.15, -0.1) is 11.3 Å². The molecule has 0 bridgehead atoms. The van der Waals surface area contributed by atoms with Crippen molar-refractivity contribution in [3.05, 3.63) is 21.9 Å². The number of aryl methyl sites for hydroxylation is 1. The highest BCUT2D eigenvalue weighted by atomic mass is 32.1. The van der Waals surface area contributed by atoms with Crippen LogP contribution < -0.4 is 10.6 Å². The molecule has 0 radical (unpaired) electrons. The van der Waals surface area contributed by atoms with E-state index in [1.54, 1.807) is 11.3 Å². The Morgan fingerprint density at radius 1 is 1.45 bits per heavy atom. The van der Waals surface area contributed by atoms with Gasteiger partial charge < -0.3 is 10.6 Å². The van der Waals surface area contributed by atoms with Gasteiger partial charge in [0.1, 0.15) is 0 Å². The zero-order valence-corrected chi connectivity index (χ0v) is 13.3. The lowest BCUT2D eigenvalue weighted by Crippen LogP contribution is -2.47. The maximum absolute atomic E-state index is 12.0. The van der Waals surface area contributed by atoms with Crippen LogP contribution in [0.4, 0.5) is 0 Å². The minimum Gasteiger partial charge on any atom is -0.350 e. The predicted octanol–water partition coefficient (Wildman–Crippen LogP) is 1.61. The molecule has 2 heterocycles. The van der Waals surface area contributed by atoms with Crippen LogP contribution in [-0.4, -0.2) is 43.5 Å². The Morgan fingerprint density at radius 3 is 2.95 bits per heavy atom. The van der Waals surface area contributed by atoms with Crippen molar-refractivity contribution in [1.82, 2.24) is 15.5 Å². The number of amides is 1. The van der Waals surface area contributed by atoms with Gasteiger partial charge in [-0.2, -0.15) is 0 Å². The van der Waals surface area contributed by atoms with Gasteiger partial charge in [-0.05, 0) is 45.0 Å². The third kappa shape index (κ3) is 4.58. The first-order chi connectivity index (χ1) is 9.71. The Hall–Kier alpha value is -0.910. The second-order valence-corrected chi connectivity index (χ2v) is 6.61. The first kappa shape index (κ1) is 15.5. The minimum absolute atomic E-state index is 0.133. The summed E-state index contributed by atoms with van der Waals surface area (Å²) in [6.45, 7) is 5.34. The van der Waals surface area contributed by atoms with Crippen molar-refractivity contribution in [2.75, 3.05) is 26.7 Å². The van der Waals surface area contributed by atoms with E-state index >= 15 is 0 Å². The van der Waals surface area contributed by atoms with Gasteiger partial charge in [0, 0.05) is 22.3 Å². The number of likely N-dealkylation sites (tertiary alicyclic amines) is 1. The molecule has 0 aliphatic carbocycles. The summed E-state index contributed by atoms with van der Waals surface area (Å²) in [6, 6.07) is 4.79. The molecule has 0 spiro atoms. The van der Waals surface area contributed by atoms with Gasteiger partial charge in [-0.1, -0.05) is 6.92 Å². The first-order valence-electron chi connectivity index (χ1n) is 7.45. The average Bonchev–Trinajstić information content (AvgIpc) is 2.93. The number of rotatable bonds is 6. The van der Waals surface area contributed by atoms with E-state index in [2.05, 4.69) is 34.6 Å². The van der Waals surface area contributed by atoms with E-state index in [0.29, 0.717) is 19.1 Å². The lowest BCUT2D eigenvalue weighted by molar-refractivity contribution is -0.122. The number of likely N-dealkylation sites (N-methyl/N-ethyl adjacent to an activating group) is 1. The van der Waals surface area contributed by atoms with E-state index < -0.39 is 0 Å². The number of hydrogen-bond donors (Lipinski definition) is 2. The second kappa shape index (κ2) is 7.76. The number of nitrogens with zero attached hydrogens (tertiary/aromatic N) is 1. The number of nitrogens with one attached hydrogen (secondary N) is 2. The summed E-state index contributed by atoms with van der Waals surface area (Å²) in [5, 5.41) is 6.33. The van der Waals surface area contributed by atoms with E-state index in [4.69, 9.17) is 0 Å². The summed E-state index contributed by atoms with van der Waals surface area (Å²) in [5.41, 5.74) is 0. The van der Waals surface area contributed by atoms with Crippen LogP contribution >= 0.6 is 11.3 Å². The fourth-order valence-electron chi connectivity index (χ4n) is 2.59. The van der Waals surface area contributed by atoms with Crippen LogP contribution in [0.1, 0.15) is 29.5 Å². The maximum atomic E-state index is 12.0. The normalized spacial score (nSPS) is 20.0. The van der Waals surface area contributed by atoms with Crippen LogP contribution in [0.3, 0.4) is 0 Å². The molecule has 1 atom stereocenters. The number of hydrogen-bond acceptors (Lipinski definition) is 4. The Morgan fingerprint density at radius 2 is 2.25 bits per heavy atom. The molecule has 1 aliphatic rings. The zero-order chi connectivity index (χ0) is 14.4. The molecule has 1 aliphatic heterocycles. The molecule has 4 nitrogen and oxygen atoms in total. The van der Waals surface area contributed by atoms with Crippen LogP contribution in [0, 0.1) is 0 Å². The van der Waals surface area contributed by atoms with E-state index in [0.717, 1.165) is 19.5 Å². The molecule has 1 unspecified atom stereocenters. The molecule has 2 rings (SSSR count). The second-order valence-electron chi connectivity index (χ2n) is 5.36. The van der Waals surface area contributed by atoms with Crippen molar-refractivity contribution < 1.29 is 4.79 Å². The van der Waals surface area contributed by atoms with Gasteiger partial charge in [-0.3, -0.25) is 9.69 Å². The van der Waals surface area contributed by atoms with Gasteiger partial charge >= 0.3 is 0 Å². The highest BCUT2D eigenvalue weighted by Crippen LogP contribution is 2.16. The Balaban J connectivity index is 1.72. The zero-order valence-electron chi connectivity index (χ0n) is 12.4. The van der Waals surface area contributed by atoms with Crippen LogP contribution in [-0.2, 0) is 17.8 Å². The summed E-state index contributed by atoms with van der Waals surface area (Å²) in [6.07, 6.45) is 3.45. The molecule has 0 saturated carbocycles. The van der Waals surface area contributed by atoms with Crippen molar-refractivity contribution in [2.24, 2.45) is 0 Å². The fourth-order valence-corrected chi connectivity index (χ4v) is 3.48. The summed E-state index contributed by atoms with van der Waals surface area (Å²) in [5.74, 6) is 0.133. The van der Waals surface area contributed by atoms with Gasteiger partial charge in [-0.25, -0.2) is 0 Å². The summed E-state index contributed by atoms with van der Waals surface area (Å²) in [4.78, 5) is 16.8. The number of thiophene rings is 1. The third-order valence-electron chi connectivity index (χ3n) is 3.81. The third-order valence-corrected chi connectivity index (χ3v) is 5.04. The van der Waals surface area contributed by atoms with Crippen LogP contribution in [0.5, 0.6) is 0 Å². The predicted molar refractivity (Wildman–Crippen MR) is 84.1 cm³/mol. The van der Waals surface area contributed by atoms with Crippen molar-refractivity contribution in [3.8, 4) is 0 Å². The molecular formula is C15H25N3OS. The average molecular weight is 295 g/mol. The molecule has 1 aromatic rings. The molecule has 1 amide bonds. The number of carbonyl (C=O) groups excluding carboxylic acids is 1. The van der Waals surface area contributed by atoms with E-state index in [1.165, 1.54) is 22.6 Å². The minimum atomic E-state index is 0.133. The number of piperidine rings is 1. The van der Waals surface area contributed by atoms with Crippen molar-refractivity contribution in [2.45, 2.75) is 38.8 Å². The molecule has 112 valence electrons. The number of carbonyl (C=O) groups is 1. The standard InChI is InChI=1S/C15H25N3OS/c1-3-13-6-7-14(20-13)9-17-15(19)11-18-8-4-5-12(10-18)16-2/h6-7,12,16H,3-5,8-11H2,1-2H3,(H,17,19). The molecule has 20 heavy (non-hydrogen) atoms. The fraction of sp³-hybridized carbons (Fsp3) is 0.667. The highest BCUT2D eigenvalue weighted by Gasteiger charge is 2.20. The van der Waals surface area contributed by atoms with Gasteiger partial charge in [0.2, 0.25) is 5.91 Å². The molecule has 1 fully saturated rings. The van der Waals surface area contributed by atoms with Gasteiger partial charge in [0.15, 0.2) is 0 Å². The topological polar surface area (TPSA) is 44.4 Å². The van der Waals surface area contributed by atoms with Crippen LogP contribution in [0.15, 0.2) is 12.1 Å². The quantitative estimate of drug-likeness (QED) is 0.838. The van der Waals surface area contributed by atoms with Crippen molar-refractivity contribution in [1.29, 1.82) is 0 Å². The Kier molecular flexibility index (Phi) is 6.01. The van der Waals surface area contributed by atoms with E-state index in [9.17, 15) is 4.79 Å². The summed E-state index contributed by atoms with van der Waals surface area (Å²) in [7, 11) is 2.00. The Labute approximate surface area is 125 Å². The molecule has 1 saturated heterocycles. The first-order valence-corrected chi connectivity index (χ1v) is 8.26. The smallest absolute Gasteiger partial charge is 0.234 e. The van der Waals surface area contributed by atoms with Crippen molar-refractivity contribution in [3.63, 3.8) is 0 Å². The summed E-state index contributed by atoms with van der Waals surface area (Å²) < 4.78 is 0. The lowest BCUT2D eigenvalue weighted by Gasteiger charge is -2.31. The molecule has 2 N–H and O–H groups in total. The van der Waals surface area contributed by atoms with Gasteiger partial charge in [0.05, 0.1) is 13.1 Å². The van der Waals surface area contributed by atoms with Crippen molar-refractivity contribution >= 4 is 17.2 Å². The molecule has 0 aromatic carbocycles. The van der Waals surface area contributed by atoms with E-state index in [1.807, 2.05) is 7.05 Å². The SMILES string of the molecule is CCc1ccc(CNC(=O)CN2CCCC(NC)C2)s1. The summed E-state index contributed by atoms with van der Waals surface area (Å²) >= 11 is 1.79. The largest absolute Gasteiger partial charge is 0.350 e.